The molecule has 5 heteroatoms. The molecule has 1 saturated carbocycles. The Kier molecular flexibility index (Phi) is 4.28. The summed E-state index contributed by atoms with van der Waals surface area (Å²) in [5.41, 5.74) is 0.410. The van der Waals surface area contributed by atoms with Gasteiger partial charge in [0.15, 0.2) is 0 Å². The van der Waals surface area contributed by atoms with Crippen LogP contribution in [0.25, 0.3) is 0 Å². The first kappa shape index (κ1) is 15.8. The van der Waals surface area contributed by atoms with Gasteiger partial charge < -0.3 is 14.7 Å². The zero-order chi connectivity index (χ0) is 16.4. The van der Waals surface area contributed by atoms with E-state index < -0.39 is 11.4 Å². The zero-order valence-corrected chi connectivity index (χ0v) is 13.5. The largest absolute Gasteiger partial charge is 0.497 e. The summed E-state index contributed by atoms with van der Waals surface area (Å²) in [6, 6.07) is 7.96. The van der Waals surface area contributed by atoms with Crippen LogP contribution in [0.4, 0.5) is 0 Å². The number of likely N-dealkylation sites (tertiary alicyclic amines) is 1. The molecule has 2 aliphatic rings. The standard InChI is InChI=1S/C18H23NO4/c1-23-15-5-3-13(4-6-15)14-7-10-19(12-14)16(20)11-18(17(21)22)8-2-9-18/h3-6,14H,2,7-12H2,1H3,(H,21,22). The second kappa shape index (κ2) is 6.22. The van der Waals surface area contributed by atoms with Crippen LogP contribution in [-0.4, -0.2) is 42.1 Å². The molecular formula is C18H23NO4. The highest BCUT2D eigenvalue weighted by Gasteiger charge is 2.47. The number of amides is 1. The van der Waals surface area contributed by atoms with Crippen molar-refractivity contribution >= 4 is 11.9 Å². The molecule has 0 spiro atoms. The van der Waals surface area contributed by atoms with Gasteiger partial charge in [-0.1, -0.05) is 18.6 Å². The van der Waals surface area contributed by atoms with Crippen LogP contribution in [0, 0.1) is 5.41 Å². The topological polar surface area (TPSA) is 66.8 Å². The van der Waals surface area contributed by atoms with E-state index in [9.17, 15) is 14.7 Å². The highest BCUT2D eigenvalue weighted by molar-refractivity contribution is 5.85. The number of carboxylic acids is 1. The normalized spacial score (nSPS) is 22.5. The van der Waals surface area contributed by atoms with Crippen LogP contribution < -0.4 is 4.74 Å². The van der Waals surface area contributed by atoms with Crippen LogP contribution in [-0.2, 0) is 9.59 Å². The molecule has 1 aromatic rings. The molecule has 0 bridgehead atoms. The highest BCUT2D eigenvalue weighted by Crippen LogP contribution is 2.45. The second-order valence-corrected chi connectivity index (χ2v) is 6.71. The summed E-state index contributed by atoms with van der Waals surface area (Å²) in [4.78, 5) is 25.7. The van der Waals surface area contributed by atoms with Crippen molar-refractivity contribution in [3.63, 3.8) is 0 Å². The summed E-state index contributed by atoms with van der Waals surface area (Å²) in [7, 11) is 1.64. The van der Waals surface area contributed by atoms with E-state index in [1.807, 2.05) is 29.2 Å². The Labute approximate surface area is 136 Å². The minimum atomic E-state index is -0.817. The van der Waals surface area contributed by atoms with Crippen molar-refractivity contribution < 1.29 is 19.4 Å². The fourth-order valence-corrected chi connectivity index (χ4v) is 3.61. The minimum Gasteiger partial charge on any atom is -0.497 e. The Morgan fingerprint density at radius 2 is 2.00 bits per heavy atom. The predicted octanol–water partition coefficient (Wildman–Crippen LogP) is 2.66. The zero-order valence-electron chi connectivity index (χ0n) is 13.5. The first-order valence-electron chi connectivity index (χ1n) is 8.19. The Morgan fingerprint density at radius 1 is 1.30 bits per heavy atom. The third-order valence-corrected chi connectivity index (χ3v) is 5.38. The number of ether oxygens (including phenoxy) is 1. The van der Waals surface area contributed by atoms with E-state index in [2.05, 4.69) is 0 Å². The quantitative estimate of drug-likeness (QED) is 0.906. The molecule has 1 saturated heterocycles. The monoisotopic (exact) mass is 317 g/mol. The molecule has 0 aromatic heterocycles. The van der Waals surface area contributed by atoms with Crippen LogP contribution in [0.2, 0.25) is 0 Å². The number of carbonyl (C=O) groups excluding carboxylic acids is 1. The van der Waals surface area contributed by atoms with Gasteiger partial charge in [-0.2, -0.15) is 0 Å². The molecule has 1 unspecified atom stereocenters. The Bertz CT molecular complexity index is 592. The van der Waals surface area contributed by atoms with Gasteiger partial charge in [-0.3, -0.25) is 9.59 Å². The van der Waals surface area contributed by atoms with Crippen molar-refractivity contribution in [2.24, 2.45) is 5.41 Å². The van der Waals surface area contributed by atoms with Gasteiger partial charge in [0.25, 0.3) is 0 Å². The summed E-state index contributed by atoms with van der Waals surface area (Å²) in [5, 5.41) is 9.37. The van der Waals surface area contributed by atoms with E-state index in [4.69, 9.17) is 4.74 Å². The SMILES string of the molecule is COc1ccc(C2CCN(C(=O)CC3(C(=O)O)CCC3)C2)cc1. The van der Waals surface area contributed by atoms with E-state index in [-0.39, 0.29) is 12.3 Å². The van der Waals surface area contributed by atoms with Crippen LogP contribution >= 0.6 is 0 Å². The molecule has 3 rings (SSSR count). The number of nitrogens with zero attached hydrogens (tertiary/aromatic N) is 1. The Hall–Kier alpha value is -2.04. The third kappa shape index (κ3) is 3.05. The van der Waals surface area contributed by atoms with Gasteiger partial charge >= 0.3 is 5.97 Å². The van der Waals surface area contributed by atoms with Crippen molar-refractivity contribution in [3.05, 3.63) is 29.8 Å². The smallest absolute Gasteiger partial charge is 0.310 e. The van der Waals surface area contributed by atoms with Crippen LogP contribution in [0.3, 0.4) is 0 Å². The third-order valence-electron chi connectivity index (χ3n) is 5.38. The van der Waals surface area contributed by atoms with E-state index in [1.165, 1.54) is 5.56 Å². The van der Waals surface area contributed by atoms with Crippen molar-refractivity contribution in [1.29, 1.82) is 0 Å². The van der Waals surface area contributed by atoms with Crippen LogP contribution in [0.1, 0.15) is 43.6 Å². The fraction of sp³-hybridized carbons (Fsp3) is 0.556. The predicted molar refractivity (Wildman–Crippen MR) is 85.5 cm³/mol. The molecule has 1 aliphatic heterocycles. The number of carboxylic acid groups (broad SMARTS) is 1. The van der Waals surface area contributed by atoms with Crippen LogP contribution in [0.5, 0.6) is 5.75 Å². The van der Waals surface area contributed by atoms with E-state index in [0.29, 0.717) is 31.8 Å². The average molecular weight is 317 g/mol. The number of hydrogen-bond donors (Lipinski definition) is 1. The lowest BCUT2D eigenvalue weighted by molar-refractivity contribution is -0.159. The van der Waals surface area contributed by atoms with Crippen molar-refractivity contribution in [2.45, 2.75) is 38.0 Å². The van der Waals surface area contributed by atoms with Gasteiger partial charge in [-0.15, -0.1) is 0 Å². The summed E-state index contributed by atoms with van der Waals surface area (Å²) in [5.74, 6) is 0.325. The van der Waals surface area contributed by atoms with E-state index >= 15 is 0 Å². The fourth-order valence-electron chi connectivity index (χ4n) is 3.61. The molecular weight excluding hydrogens is 294 g/mol. The molecule has 5 nitrogen and oxygen atoms in total. The molecule has 23 heavy (non-hydrogen) atoms. The molecule has 1 atom stereocenters. The lowest BCUT2D eigenvalue weighted by atomic mass is 9.66. The number of rotatable bonds is 5. The van der Waals surface area contributed by atoms with E-state index in [1.54, 1.807) is 7.11 Å². The van der Waals surface area contributed by atoms with Crippen molar-refractivity contribution in [3.8, 4) is 5.75 Å². The molecule has 1 aromatic carbocycles. The van der Waals surface area contributed by atoms with Crippen LogP contribution in [0.15, 0.2) is 24.3 Å². The average Bonchev–Trinajstić information content (AvgIpc) is 3.00. The van der Waals surface area contributed by atoms with Crippen molar-refractivity contribution in [2.75, 3.05) is 20.2 Å². The number of methoxy groups -OCH3 is 1. The summed E-state index contributed by atoms with van der Waals surface area (Å²) >= 11 is 0. The lowest BCUT2D eigenvalue weighted by Gasteiger charge is -2.38. The van der Waals surface area contributed by atoms with Gasteiger partial charge in [0.2, 0.25) is 5.91 Å². The molecule has 1 N–H and O–H groups in total. The Balaban J connectivity index is 1.60. The molecule has 2 fully saturated rings. The van der Waals surface area contributed by atoms with Gasteiger partial charge in [-0.25, -0.2) is 0 Å². The molecule has 1 amide bonds. The van der Waals surface area contributed by atoms with Crippen molar-refractivity contribution in [1.82, 2.24) is 4.90 Å². The van der Waals surface area contributed by atoms with Gasteiger partial charge in [0.05, 0.1) is 12.5 Å². The van der Waals surface area contributed by atoms with E-state index in [0.717, 1.165) is 18.6 Å². The highest BCUT2D eigenvalue weighted by atomic mass is 16.5. The number of carbonyl (C=O) groups is 2. The second-order valence-electron chi connectivity index (χ2n) is 6.71. The summed E-state index contributed by atoms with van der Waals surface area (Å²) in [6.07, 6.45) is 3.25. The first-order chi connectivity index (χ1) is 11.0. The van der Waals surface area contributed by atoms with Gasteiger partial charge in [0, 0.05) is 25.4 Å². The number of hydrogen-bond acceptors (Lipinski definition) is 3. The Morgan fingerprint density at radius 3 is 2.52 bits per heavy atom. The maximum absolute atomic E-state index is 12.5. The molecule has 124 valence electrons. The van der Waals surface area contributed by atoms with Gasteiger partial charge in [0.1, 0.15) is 5.75 Å². The maximum atomic E-state index is 12.5. The maximum Gasteiger partial charge on any atom is 0.310 e. The lowest BCUT2D eigenvalue weighted by Crippen LogP contribution is -2.43. The first-order valence-corrected chi connectivity index (χ1v) is 8.19. The number of benzene rings is 1. The van der Waals surface area contributed by atoms with Gasteiger partial charge in [-0.05, 0) is 37.0 Å². The molecule has 1 aliphatic carbocycles. The molecule has 1 heterocycles. The summed E-state index contributed by atoms with van der Waals surface area (Å²) < 4.78 is 5.17. The minimum absolute atomic E-state index is 0.0110. The number of aliphatic carboxylic acids is 1. The summed E-state index contributed by atoms with van der Waals surface area (Å²) in [6.45, 7) is 1.39. The molecule has 0 radical (unpaired) electrons.